The summed E-state index contributed by atoms with van der Waals surface area (Å²) >= 11 is 3.66. The van der Waals surface area contributed by atoms with E-state index < -0.39 is 5.97 Å². The summed E-state index contributed by atoms with van der Waals surface area (Å²) in [6, 6.07) is 9.81. The summed E-state index contributed by atoms with van der Waals surface area (Å²) in [5.74, 6) is -0.00524. The predicted molar refractivity (Wildman–Crippen MR) is 115 cm³/mol. The molecule has 4 rings (SSSR count). The fourth-order valence-electron chi connectivity index (χ4n) is 4.61. The third kappa shape index (κ3) is 3.53. The molecular formula is C23H25BrN2O2. The van der Waals surface area contributed by atoms with E-state index in [1.807, 2.05) is 24.4 Å². The van der Waals surface area contributed by atoms with Crippen LogP contribution in [0.2, 0.25) is 0 Å². The quantitative estimate of drug-likeness (QED) is 0.699. The van der Waals surface area contributed by atoms with E-state index in [0.717, 1.165) is 30.4 Å². The predicted octanol–water partition coefficient (Wildman–Crippen LogP) is 5.31. The number of carboxylic acids is 1. The summed E-state index contributed by atoms with van der Waals surface area (Å²) in [4.78, 5) is 18.2. The number of piperidine rings is 1. The average molecular weight is 441 g/mol. The smallest absolute Gasteiger partial charge is 0.335 e. The molecule has 1 aromatic heterocycles. The first-order valence-electron chi connectivity index (χ1n) is 9.89. The van der Waals surface area contributed by atoms with Crippen molar-refractivity contribution in [2.75, 3.05) is 13.1 Å². The number of halogens is 1. The molecule has 0 spiro atoms. The van der Waals surface area contributed by atoms with Crippen LogP contribution in [0.3, 0.4) is 0 Å². The molecule has 1 unspecified atom stereocenters. The van der Waals surface area contributed by atoms with E-state index in [2.05, 4.69) is 45.7 Å². The molecule has 2 atom stereocenters. The SMILES string of the molecule is CC1C([C@H](C)N2CCC(c3ccc(C(=O)O)cc3)CC2)=Cc2c(Br)ccnc21. The van der Waals surface area contributed by atoms with E-state index >= 15 is 0 Å². The number of hydrogen-bond acceptors (Lipinski definition) is 3. The zero-order valence-electron chi connectivity index (χ0n) is 16.2. The number of carbonyl (C=O) groups is 1. The molecule has 1 aromatic carbocycles. The number of hydrogen-bond donors (Lipinski definition) is 1. The maximum atomic E-state index is 11.0. The van der Waals surface area contributed by atoms with Crippen LogP contribution >= 0.6 is 15.9 Å². The molecule has 1 fully saturated rings. The van der Waals surface area contributed by atoms with E-state index in [0.29, 0.717) is 23.4 Å². The number of carboxylic acid groups (broad SMARTS) is 1. The molecule has 1 aliphatic heterocycles. The normalized spacial score (nSPS) is 21.2. The van der Waals surface area contributed by atoms with Crippen molar-refractivity contribution in [3.63, 3.8) is 0 Å². The molecule has 0 bridgehead atoms. The number of pyridine rings is 1. The van der Waals surface area contributed by atoms with Crippen LogP contribution < -0.4 is 0 Å². The molecule has 1 saturated heterocycles. The topological polar surface area (TPSA) is 53.4 Å². The number of likely N-dealkylation sites (tertiary alicyclic amines) is 1. The lowest BCUT2D eigenvalue weighted by Gasteiger charge is -2.37. The third-order valence-electron chi connectivity index (χ3n) is 6.38. The van der Waals surface area contributed by atoms with Gasteiger partial charge in [0.25, 0.3) is 0 Å². The van der Waals surface area contributed by atoms with E-state index in [9.17, 15) is 4.79 Å². The molecule has 5 heteroatoms. The highest BCUT2D eigenvalue weighted by molar-refractivity contribution is 9.10. The summed E-state index contributed by atoms with van der Waals surface area (Å²) in [6.07, 6.45) is 6.40. The number of nitrogens with zero attached hydrogens (tertiary/aromatic N) is 2. The van der Waals surface area contributed by atoms with Crippen molar-refractivity contribution in [2.45, 2.75) is 44.6 Å². The second-order valence-corrected chi connectivity index (χ2v) is 8.73. The Morgan fingerprint density at radius 1 is 1.21 bits per heavy atom. The Bertz CT molecular complexity index is 915. The Kier molecular flexibility index (Phi) is 5.39. The summed E-state index contributed by atoms with van der Waals surface area (Å²) in [6.45, 7) is 6.68. The lowest BCUT2D eigenvalue weighted by molar-refractivity contribution is 0.0697. The van der Waals surface area contributed by atoms with Gasteiger partial charge in [0.1, 0.15) is 0 Å². The number of benzene rings is 1. The molecule has 146 valence electrons. The Morgan fingerprint density at radius 2 is 1.89 bits per heavy atom. The molecule has 0 amide bonds. The van der Waals surface area contributed by atoms with Crippen LogP contribution in [0, 0.1) is 0 Å². The van der Waals surface area contributed by atoms with Gasteiger partial charge in [0.05, 0.1) is 11.3 Å². The van der Waals surface area contributed by atoms with Crippen LogP contribution in [0.5, 0.6) is 0 Å². The monoisotopic (exact) mass is 440 g/mol. The zero-order chi connectivity index (χ0) is 19.8. The molecule has 2 heterocycles. The number of rotatable bonds is 4. The van der Waals surface area contributed by atoms with Crippen molar-refractivity contribution in [2.24, 2.45) is 0 Å². The fraction of sp³-hybridized carbons (Fsp3) is 0.391. The van der Waals surface area contributed by atoms with Gasteiger partial charge in [0, 0.05) is 28.2 Å². The molecule has 1 aliphatic carbocycles. The van der Waals surface area contributed by atoms with E-state index in [4.69, 9.17) is 5.11 Å². The van der Waals surface area contributed by atoms with Crippen LogP contribution in [0.25, 0.3) is 6.08 Å². The van der Waals surface area contributed by atoms with Gasteiger partial charge in [-0.05, 0) is 68.1 Å². The first kappa shape index (κ1) is 19.3. The Balaban J connectivity index is 1.42. The summed E-state index contributed by atoms with van der Waals surface area (Å²) in [7, 11) is 0. The molecule has 2 aliphatic rings. The Morgan fingerprint density at radius 3 is 2.50 bits per heavy atom. The highest BCUT2D eigenvalue weighted by Gasteiger charge is 2.32. The van der Waals surface area contributed by atoms with E-state index in [1.54, 1.807) is 12.1 Å². The number of aromatic nitrogens is 1. The largest absolute Gasteiger partial charge is 0.478 e. The highest BCUT2D eigenvalue weighted by atomic mass is 79.9. The van der Waals surface area contributed by atoms with Crippen molar-refractivity contribution in [1.82, 2.24) is 9.88 Å². The van der Waals surface area contributed by atoms with Crippen LogP contribution in [0.4, 0.5) is 0 Å². The van der Waals surface area contributed by atoms with Crippen LogP contribution in [-0.2, 0) is 0 Å². The van der Waals surface area contributed by atoms with Crippen LogP contribution in [-0.4, -0.2) is 40.1 Å². The number of fused-ring (bicyclic) bond motifs is 1. The van der Waals surface area contributed by atoms with Gasteiger partial charge in [-0.15, -0.1) is 0 Å². The van der Waals surface area contributed by atoms with Crippen molar-refractivity contribution in [3.8, 4) is 0 Å². The van der Waals surface area contributed by atoms with E-state index in [-0.39, 0.29) is 0 Å². The fourth-order valence-corrected chi connectivity index (χ4v) is 5.05. The second kappa shape index (κ2) is 7.80. The lowest BCUT2D eigenvalue weighted by atomic mass is 9.87. The van der Waals surface area contributed by atoms with Gasteiger partial charge in [-0.25, -0.2) is 4.79 Å². The standard InChI is InChI=1S/C23H25BrN2O2/c1-14-19(13-20-21(24)7-10-25-22(14)20)15(2)26-11-8-17(9-12-26)16-3-5-18(6-4-16)23(27)28/h3-7,10,13-15,17H,8-9,11-12H2,1-2H3,(H,27,28)/t14?,15-/m0/s1. The van der Waals surface area contributed by atoms with Gasteiger partial charge in [0.15, 0.2) is 0 Å². The van der Waals surface area contributed by atoms with Gasteiger partial charge in [-0.2, -0.15) is 0 Å². The molecule has 1 N–H and O–H groups in total. The van der Waals surface area contributed by atoms with Gasteiger partial charge in [-0.3, -0.25) is 9.88 Å². The minimum Gasteiger partial charge on any atom is -0.478 e. The van der Waals surface area contributed by atoms with Gasteiger partial charge < -0.3 is 5.11 Å². The first-order valence-corrected chi connectivity index (χ1v) is 10.7. The molecule has 28 heavy (non-hydrogen) atoms. The molecule has 4 nitrogen and oxygen atoms in total. The maximum absolute atomic E-state index is 11.0. The molecule has 2 aromatic rings. The summed E-state index contributed by atoms with van der Waals surface area (Å²) in [5.41, 5.74) is 5.45. The van der Waals surface area contributed by atoms with Crippen molar-refractivity contribution in [3.05, 3.63) is 69.0 Å². The molecular weight excluding hydrogens is 416 g/mol. The average Bonchev–Trinajstić information content (AvgIpc) is 3.06. The van der Waals surface area contributed by atoms with Gasteiger partial charge in [-0.1, -0.05) is 41.1 Å². The van der Waals surface area contributed by atoms with Crippen LogP contribution in [0.1, 0.15) is 65.7 Å². The van der Waals surface area contributed by atoms with Gasteiger partial charge >= 0.3 is 5.97 Å². The Hall–Kier alpha value is -1.98. The Labute approximate surface area is 174 Å². The molecule has 0 saturated carbocycles. The van der Waals surface area contributed by atoms with Crippen molar-refractivity contribution in [1.29, 1.82) is 0 Å². The summed E-state index contributed by atoms with van der Waals surface area (Å²) < 4.78 is 1.12. The van der Waals surface area contributed by atoms with Crippen LogP contribution in [0.15, 0.2) is 46.6 Å². The first-order chi connectivity index (χ1) is 13.5. The maximum Gasteiger partial charge on any atom is 0.335 e. The van der Waals surface area contributed by atoms with Gasteiger partial charge in [0.2, 0.25) is 0 Å². The third-order valence-corrected chi connectivity index (χ3v) is 7.07. The second-order valence-electron chi connectivity index (χ2n) is 7.87. The van der Waals surface area contributed by atoms with Crippen molar-refractivity contribution < 1.29 is 9.90 Å². The zero-order valence-corrected chi connectivity index (χ0v) is 17.8. The minimum atomic E-state index is -0.865. The van der Waals surface area contributed by atoms with E-state index in [1.165, 1.54) is 22.4 Å². The lowest BCUT2D eigenvalue weighted by Crippen LogP contribution is -2.40. The number of aromatic carboxylic acids is 1. The highest BCUT2D eigenvalue weighted by Crippen LogP contribution is 2.41. The van der Waals surface area contributed by atoms with Crippen molar-refractivity contribution >= 4 is 28.0 Å². The summed E-state index contributed by atoms with van der Waals surface area (Å²) in [5, 5.41) is 9.07. The minimum absolute atomic E-state index is 0.351. The molecule has 0 radical (unpaired) electrons.